The van der Waals surface area contributed by atoms with E-state index in [2.05, 4.69) is 20.9 Å². The molecule has 2 heterocycles. The summed E-state index contributed by atoms with van der Waals surface area (Å²) in [6.45, 7) is 2.77. The average Bonchev–Trinajstić information content (AvgIpc) is 2.81. The van der Waals surface area contributed by atoms with Gasteiger partial charge in [-0.2, -0.15) is 0 Å². The molecule has 96 valence electrons. The Balaban J connectivity index is 1.78. The number of benzene rings is 1. The van der Waals surface area contributed by atoms with Crippen LogP contribution in [0.25, 0.3) is 11.0 Å². The predicted octanol–water partition coefficient (Wildman–Crippen LogP) is 1.88. The summed E-state index contributed by atoms with van der Waals surface area (Å²) in [7, 11) is 0. The maximum Gasteiger partial charge on any atom is 0.121 e. The van der Waals surface area contributed by atoms with Crippen molar-refractivity contribution < 1.29 is 0 Å². The molecular formula is C14H20N4. The molecule has 1 aliphatic rings. The minimum Gasteiger partial charge on any atom is -0.341 e. The zero-order valence-corrected chi connectivity index (χ0v) is 10.6. The Kier molecular flexibility index (Phi) is 3.30. The molecule has 1 saturated heterocycles. The number of hydrogen-bond donors (Lipinski definition) is 2. The van der Waals surface area contributed by atoms with Crippen LogP contribution < -0.4 is 5.73 Å². The maximum absolute atomic E-state index is 5.85. The Labute approximate surface area is 107 Å². The lowest BCUT2D eigenvalue weighted by Gasteiger charge is -2.34. The van der Waals surface area contributed by atoms with Gasteiger partial charge in [-0.25, -0.2) is 4.98 Å². The number of rotatable bonds is 3. The number of nitrogens with zero attached hydrogens (tertiary/aromatic N) is 2. The van der Waals surface area contributed by atoms with E-state index in [-0.39, 0.29) is 0 Å². The smallest absolute Gasteiger partial charge is 0.121 e. The van der Waals surface area contributed by atoms with E-state index in [1.807, 2.05) is 18.2 Å². The van der Waals surface area contributed by atoms with Crippen molar-refractivity contribution in [3.63, 3.8) is 0 Å². The van der Waals surface area contributed by atoms with Crippen LogP contribution >= 0.6 is 0 Å². The van der Waals surface area contributed by atoms with E-state index >= 15 is 0 Å². The fraction of sp³-hybridized carbons (Fsp3) is 0.500. The third-order valence-corrected chi connectivity index (χ3v) is 3.81. The molecule has 3 N–H and O–H groups in total. The second-order valence-corrected chi connectivity index (χ2v) is 5.06. The first-order chi connectivity index (χ1) is 8.86. The topological polar surface area (TPSA) is 57.9 Å². The van der Waals surface area contributed by atoms with E-state index in [0.717, 1.165) is 36.5 Å². The number of H-pyrrole nitrogens is 1. The van der Waals surface area contributed by atoms with Crippen LogP contribution in [0.1, 0.15) is 25.1 Å². The summed E-state index contributed by atoms with van der Waals surface area (Å²) < 4.78 is 0. The molecular weight excluding hydrogens is 224 g/mol. The zero-order valence-electron chi connectivity index (χ0n) is 10.6. The van der Waals surface area contributed by atoms with Gasteiger partial charge >= 0.3 is 0 Å². The number of para-hydroxylation sites is 2. The van der Waals surface area contributed by atoms with Crippen LogP contribution in [0.4, 0.5) is 0 Å². The molecule has 4 nitrogen and oxygen atoms in total. The lowest BCUT2D eigenvalue weighted by atomic mass is 10.0. The normalized spacial score (nSPS) is 21.5. The second kappa shape index (κ2) is 5.08. The highest BCUT2D eigenvalue weighted by Crippen LogP contribution is 2.19. The molecule has 0 aliphatic carbocycles. The van der Waals surface area contributed by atoms with Crippen molar-refractivity contribution in [1.82, 2.24) is 14.9 Å². The molecule has 1 aliphatic heterocycles. The average molecular weight is 244 g/mol. The molecule has 18 heavy (non-hydrogen) atoms. The van der Waals surface area contributed by atoms with Crippen molar-refractivity contribution in [2.24, 2.45) is 5.73 Å². The first-order valence-electron chi connectivity index (χ1n) is 6.74. The van der Waals surface area contributed by atoms with Crippen LogP contribution in [-0.4, -0.2) is 34.0 Å². The van der Waals surface area contributed by atoms with E-state index in [1.54, 1.807) is 0 Å². The summed E-state index contributed by atoms with van der Waals surface area (Å²) >= 11 is 0. The van der Waals surface area contributed by atoms with Crippen molar-refractivity contribution in [2.75, 3.05) is 13.1 Å². The van der Waals surface area contributed by atoms with E-state index in [4.69, 9.17) is 5.73 Å². The number of hydrogen-bond acceptors (Lipinski definition) is 3. The Hall–Kier alpha value is -1.39. The van der Waals surface area contributed by atoms with Crippen molar-refractivity contribution in [2.45, 2.75) is 31.8 Å². The fourth-order valence-corrected chi connectivity index (χ4v) is 2.81. The van der Waals surface area contributed by atoms with Crippen LogP contribution in [0.3, 0.4) is 0 Å². The van der Waals surface area contributed by atoms with E-state index in [9.17, 15) is 0 Å². The summed E-state index contributed by atoms with van der Waals surface area (Å²) in [4.78, 5) is 10.5. The number of fused-ring (bicyclic) bond motifs is 1. The lowest BCUT2D eigenvalue weighted by Crippen LogP contribution is -2.43. The van der Waals surface area contributed by atoms with Gasteiger partial charge in [0.05, 0.1) is 17.6 Å². The van der Waals surface area contributed by atoms with Crippen LogP contribution in [0.2, 0.25) is 0 Å². The van der Waals surface area contributed by atoms with Crippen molar-refractivity contribution >= 4 is 11.0 Å². The van der Waals surface area contributed by atoms with Crippen molar-refractivity contribution in [1.29, 1.82) is 0 Å². The Morgan fingerprint density at radius 1 is 1.33 bits per heavy atom. The van der Waals surface area contributed by atoms with Gasteiger partial charge in [0.1, 0.15) is 5.82 Å². The Bertz CT molecular complexity index is 486. The van der Waals surface area contributed by atoms with E-state index in [0.29, 0.717) is 6.04 Å². The molecule has 4 heteroatoms. The Morgan fingerprint density at radius 3 is 3.06 bits per heavy atom. The second-order valence-electron chi connectivity index (χ2n) is 5.06. The highest BCUT2D eigenvalue weighted by Gasteiger charge is 2.21. The summed E-state index contributed by atoms with van der Waals surface area (Å²) in [5, 5.41) is 0. The third-order valence-electron chi connectivity index (χ3n) is 3.81. The van der Waals surface area contributed by atoms with Gasteiger partial charge in [0.15, 0.2) is 0 Å². The molecule has 0 spiro atoms. The van der Waals surface area contributed by atoms with Gasteiger partial charge in [-0.3, -0.25) is 4.90 Å². The van der Waals surface area contributed by atoms with Gasteiger partial charge in [-0.1, -0.05) is 18.6 Å². The minimum atomic E-state index is 0.520. The minimum absolute atomic E-state index is 0.520. The van der Waals surface area contributed by atoms with Gasteiger partial charge in [0.25, 0.3) is 0 Å². The van der Waals surface area contributed by atoms with Gasteiger partial charge in [0, 0.05) is 12.6 Å². The van der Waals surface area contributed by atoms with Crippen LogP contribution in [-0.2, 0) is 6.54 Å². The number of likely N-dealkylation sites (tertiary alicyclic amines) is 1. The lowest BCUT2D eigenvalue weighted by molar-refractivity contribution is 0.142. The molecule has 1 aromatic carbocycles. The van der Waals surface area contributed by atoms with Crippen LogP contribution in [0.5, 0.6) is 0 Å². The molecule has 0 amide bonds. The largest absolute Gasteiger partial charge is 0.341 e. The quantitative estimate of drug-likeness (QED) is 0.866. The molecule has 1 aromatic heterocycles. The number of aromatic amines is 1. The van der Waals surface area contributed by atoms with Crippen LogP contribution in [0, 0.1) is 0 Å². The van der Waals surface area contributed by atoms with Gasteiger partial charge in [-0.15, -0.1) is 0 Å². The summed E-state index contributed by atoms with van der Waals surface area (Å²) in [5.41, 5.74) is 8.02. The van der Waals surface area contributed by atoms with E-state index in [1.165, 1.54) is 19.3 Å². The number of imidazole rings is 1. The SMILES string of the molecule is NCC1CCCCN1Cc1nc2ccccc2[nH]1. The summed E-state index contributed by atoms with van der Waals surface area (Å²) in [5.74, 6) is 1.05. The molecule has 2 aromatic rings. The molecule has 0 radical (unpaired) electrons. The number of nitrogens with two attached hydrogens (primary N) is 1. The molecule has 1 fully saturated rings. The zero-order chi connectivity index (χ0) is 12.4. The molecule has 0 bridgehead atoms. The summed E-state index contributed by atoms with van der Waals surface area (Å²) in [6.07, 6.45) is 3.80. The number of aromatic nitrogens is 2. The van der Waals surface area contributed by atoms with Crippen molar-refractivity contribution in [3.8, 4) is 0 Å². The number of piperidine rings is 1. The maximum atomic E-state index is 5.85. The van der Waals surface area contributed by atoms with E-state index < -0.39 is 0 Å². The molecule has 3 rings (SSSR count). The standard InChI is InChI=1S/C14H20N4/c15-9-11-5-3-4-8-18(11)10-14-16-12-6-1-2-7-13(12)17-14/h1-2,6-7,11H,3-5,8-10,15H2,(H,16,17). The number of nitrogens with one attached hydrogen (secondary N) is 1. The summed E-state index contributed by atoms with van der Waals surface area (Å²) in [6, 6.07) is 8.70. The van der Waals surface area contributed by atoms with Gasteiger partial charge in [0.2, 0.25) is 0 Å². The predicted molar refractivity (Wildman–Crippen MR) is 73.2 cm³/mol. The highest BCUT2D eigenvalue weighted by atomic mass is 15.2. The van der Waals surface area contributed by atoms with Gasteiger partial charge in [-0.05, 0) is 31.5 Å². The van der Waals surface area contributed by atoms with Crippen molar-refractivity contribution in [3.05, 3.63) is 30.1 Å². The first kappa shape index (κ1) is 11.7. The van der Waals surface area contributed by atoms with Crippen LogP contribution in [0.15, 0.2) is 24.3 Å². The first-order valence-corrected chi connectivity index (χ1v) is 6.74. The molecule has 1 unspecified atom stereocenters. The monoisotopic (exact) mass is 244 g/mol. The fourth-order valence-electron chi connectivity index (χ4n) is 2.81. The Morgan fingerprint density at radius 2 is 2.22 bits per heavy atom. The molecule has 1 atom stereocenters. The molecule has 0 saturated carbocycles. The highest BCUT2D eigenvalue weighted by molar-refractivity contribution is 5.74. The van der Waals surface area contributed by atoms with Gasteiger partial charge < -0.3 is 10.7 Å². The third kappa shape index (κ3) is 2.26.